The Kier molecular flexibility index (Phi) is 4.82. The molecule has 0 N–H and O–H groups in total. The molecular weight excluding hydrogens is 328 g/mol. The van der Waals surface area contributed by atoms with Gasteiger partial charge in [0.15, 0.2) is 0 Å². The SMILES string of the molecule is CCC1SCCSC1c1ncc(Br)c(Cl)n1. The maximum Gasteiger partial charge on any atom is 0.146 e. The van der Waals surface area contributed by atoms with Gasteiger partial charge in [-0.15, -0.1) is 11.8 Å². The average molecular weight is 340 g/mol. The fourth-order valence-electron chi connectivity index (χ4n) is 1.64. The van der Waals surface area contributed by atoms with Crippen LogP contribution >= 0.6 is 51.1 Å². The van der Waals surface area contributed by atoms with Gasteiger partial charge in [0.2, 0.25) is 0 Å². The van der Waals surface area contributed by atoms with Gasteiger partial charge in [-0.2, -0.15) is 11.8 Å². The fraction of sp³-hybridized carbons (Fsp3) is 0.600. The third-order valence-corrected chi connectivity index (χ3v) is 6.77. The van der Waals surface area contributed by atoms with E-state index in [1.807, 2.05) is 23.5 Å². The summed E-state index contributed by atoms with van der Waals surface area (Å²) in [4.78, 5) is 8.75. The molecular formula is C10H12BrClN2S2. The van der Waals surface area contributed by atoms with Crippen LogP contribution in [0.2, 0.25) is 5.15 Å². The Morgan fingerprint density at radius 3 is 2.94 bits per heavy atom. The summed E-state index contributed by atoms with van der Waals surface area (Å²) in [5.74, 6) is 3.27. The highest BCUT2D eigenvalue weighted by molar-refractivity contribution is 9.10. The van der Waals surface area contributed by atoms with Crippen LogP contribution in [0.1, 0.15) is 24.4 Å². The first-order chi connectivity index (χ1) is 7.72. The lowest BCUT2D eigenvalue weighted by molar-refractivity contribution is 0.748. The van der Waals surface area contributed by atoms with Gasteiger partial charge in [0, 0.05) is 23.0 Å². The summed E-state index contributed by atoms with van der Waals surface area (Å²) in [6, 6.07) is 0. The van der Waals surface area contributed by atoms with Gasteiger partial charge in [0.25, 0.3) is 0 Å². The molecule has 1 aliphatic rings. The van der Waals surface area contributed by atoms with Crippen molar-refractivity contribution in [2.24, 2.45) is 0 Å². The molecule has 16 heavy (non-hydrogen) atoms. The van der Waals surface area contributed by atoms with Gasteiger partial charge in [-0.1, -0.05) is 18.5 Å². The van der Waals surface area contributed by atoms with E-state index in [9.17, 15) is 0 Å². The molecule has 0 radical (unpaired) electrons. The Morgan fingerprint density at radius 2 is 2.25 bits per heavy atom. The summed E-state index contributed by atoms with van der Waals surface area (Å²) in [7, 11) is 0. The number of aromatic nitrogens is 2. The molecule has 2 heterocycles. The van der Waals surface area contributed by atoms with Crippen LogP contribution in [0.25, 0.3) is 0 Å². The Morgan fingerprint density at radius 1 is 1.50 bits per heavy atom. The molecule has 0 amide bonds. The predicted octanol–water partition coefficient (Wildman–Crippen LogP) is 4.19. The Hall–Kier alpha value is 0.550. The van der Waals surface area contributed by atoms with Crippen molar-refractivity contribution in [3.8, 4) is 0 Å². The van der Waals surface area contributed by atoms with E-state index in [-0.39, 0.29) is 0 Å². The molecule has 0 aromatic carbocycles. The number of nitrogens with zero attached hydrogens (tertiary/aromatic N) is 2. The van der Waals surface area contributed by atoms with Crippen LogP contribution < -0.4 is 0 Å². The molecule has 0 saturated carbocycles. The van der Waals surface area contributed by atoms with Gasteiger partial charge >= 0.3 is 0 Å². The first-order valence-electron chi connectivity index (χ1n) is 5.13. The molecule has 2 unspecified atom stereocenters. The van der Waals surface area contributed by atoms with Gasteiger partial charge in [-0.3, -0.25) is 0 Å². The highest BCUT2D eigenvalue weighted by atomic mass is 79.9. The fourth-order valence-corrected chi connectivity index (χ4v) is 4.96. The van der Waals surface area contributed by atoms with E-state index >= 15 is 0 Å². The van der Waals surface area contributed by atoms with Crippen molar-refractivity contribution in [1.82, 2.24) is 9.97 Å². The molecule has 2 rings (SSSR count). The summed E-state index contributed by atoms with van der Waals surface area (Å²) in [5, 5.41) is 1.50. The molecule has 1 fully saturated rings. The van der Waals surface area contributed by atoms with E-state index < -0.39 is 0 Å². The third-order valence-electron chi connectivity index (χ3n) is 2.43. The first-order valence-corrected chi connectivity index (χ1v) is 8.40. The summed E-state index contributed by atoms with van der Waals surface area (Å²) < 4.78 is 0.763. The van der Waals surface area contributed by atoms with E-state index in [1.165, 1.54) is 11.5 Å². The lowest BCUT2D eigenvalue weighted by Crippen LogP contribution is -2.20. The molecule has 1 aromatic rings. The molecule has 1 aliphatic heterocycles. The summed E-state index contributed by atoms with van der Waals surface area (Å²) in [5.41, 5.74) is 0. The van der Waals surface area contributed by atoms with Crippen LogP contribution in [0.4, 0.5) is 0 Å². The average Bonchev–Trinajstić information content (AvgIpc) is 2.32. The second-order valence-corrected chi connectivity index (χ2v) is 7.28. The second kappa shape index (κ2) is 5.94. The summed E-state index contributed by atoms with van der Waals surface area (Å²) in [6.45, 7) is 2.22. The van der Waals surface area contributed by atoms with Crippen LogP contribution in [0.15, 0.2) is 10.7 Å². The molecule has 88 valence electrons. The number of hydrogen-bond acceptors (Lipinski definition) is 4. The van der Waals surface area contributed by atoms with Crippen LogP contribution in [0.3, 0.4) is 0 Å². The largest absolute Gasteiger partial charge is 0.239 e. The lowest BCUT2D eigenvalue weighted by Gasteiger charge is -2.28. The quantitative estimate of drug-likeness (QED) is 0.754. The van der Waals surface area contributed by atoms with Gasteiger partial charge < -0.3 is 0 Å². The normalized spacial score (nSPS) is 25.7. The minimum absolute atomic E-state index is 0.384. The van der Waals surface area contributed by atoms with Crippen molar-refractivity contribution in [3.05, 3.63) is 21.6 Å². The predicted molar refractivity (Wildman–Crippen MR) is 76.5 cm³/mol. The Bertz CT molecular complexity index is 378. The van der Waals surface area contributed by atoms with Crippen molar-refractivity contribution in [3.63, 3.8) is 0 Å². The van der Waals surface area contributed by atoms with E-state index in [1.54, 1.807) is 6.20 Å². The van der Waals surface area contributed by atoms with Crippen molar-refractivity contribution >= 4 is 51.1 Å². The van der Waals surface area contributed by atoms with Crippen LogP contribution in [0, 0.1) is 0 Å². The molecule has 2 atom stereocenters. The van der Waals surface area contributed by atoms with Crippen LogP contribution in [-0.2, 0) is 0 Å². The highest BCUT2D eigenvalue weighted by Crippen LogP contribution is 2.43. The van der Waals surface area contributed by atoms with E-state index in [0.29, 0.717) is 15.7 Å². The molecule has 0 bridgehead atoms. The van der Waals surface area contributed by atoms with Crippen molar-refractivity contribution in [1.29, 1.82) is 0 Å². The van der Waals surface area contributed by atoms with Crippen LogP contribution in [0.5, 0.6) is 0 Å². The van der Waals surface area contributed by atoms with E-state index in [4.69, 9.17) is 11.6 Å². The standard InChI is InChI=1S/C10H12BrClN2S2/c1-2-7-8(16-4-3-15-7)10-13-5-6(11)9(12)14-10/h5,7-8H,2-4H2,1H3. The molecule has 2 nitrogen and oxygen atoms in total. The number of thioether (sulfide) groups is 2. The molecule has 6 heteroatoms. The van der Waals surface area contributed by atoms with E-state index in [0.717, 1.165) is 16.7 Å². The first kappa shape index (κ1) is 13.0. The zero-order valence-electron chi connectivity index (χ0n) is 8.82. The zero-order valence-corrected chi connectivity index (χ0v) is 12.8. The van der Waals surface area contributed by atoms with Gasteiger partial charge in [-0.25, -0.2) is 9.97 Å². The Labute approximate surface area is 117 Å². The van der Waals surface area contributed by atoms with Gasteiger partial charge in [-0.05, 0) is 22.4 Å². The third kappa shape index (κ3) is 2.86. The minimum atomic E-state index is 0.384. The molecule has 1 aromatic heterocycles. The minimum Gasteiger partial charge on any atom is -0.239 e. The smallest absolute Gasteiger partial charge is 0.146 e. The number of halogens is 2. The zero-order chi connectivity index (χ0) is 11.5. The Balaban J connectivity index is 2.23. The van der Waals surface area contributed by atoms with Crippen molar-refractivity contribution < 1.29 is 0 Å². The van der Waals surface area contributed by atoms with Gasteiger partial charge in [0.1, 0.15) is 11.0 Å². The molecule has 0 aliphatic carbocycles. The lowest BCUT2D eigenvalue weighted by atomic mass is 10.2. The van der Waals surface area contributed by atoms with Crippen molar-refractivity contribution in [2.45, 2.75) is 23.8 Å². The summed E-state index contributed by atoms with van der Waals surface area (Å²) >= 11 is 13.3. The maximum atomic E-state index is 6.01. The van der Waals surface area contributed by atoms with Gasteiger partial charge in [0.05, 0.1) is 9.72 Å². The number of hydrogen-bond donors (Lipinski definition) is 0. The summed E-state index contributed by atoms with van der Waals surface area (Å²) in [6.07, 6.45) is 2.90. The number of rotatable bonds is 2. The highest BCUT2D eigenvalue weighted by Gasteiger charge is 2.28. The molecule has 0 spiro atoms. The topological polar surface area (TPSA) is 25.8 Å². The van der Waals surface area contributed by atoms with Crippen molar-refractivity contribution in [2.75, 3.05) is 11.5 Å². The van der Waals surface area contributed by atoms with E-state index in [2.05, 4.69) is 32.8 Å². The molecule has 1 saturated heterocycles. The monoisotopic (exact) mass is 338 g/mol. The maximum absolute atomic E-state index is 6.01. The van der Waals surface area contributed by atoms with Crippen LogP contribution in [-0.4, -0.2) is 26.7 Å². The second-order valence-electron chi connectivity index (χ2n) is 3.48.